The molecule has 0 aliphatic carbocycles. The fraction of sp³-hybridized carbons (Fsp3) is 0.615. The van der Waals surface area contributed by atoms with Crippen LogP contribution in [-0.4, -0.2) is 30.3 Å². The molecule has 1 rings (SSSR count). The maximum Gasteiger partial charge on any atom is 0.310 e. The smallest absolute Gasteiger partial charge is 0.310 e. The number of ether oxygens (including phenoxy) is 1. The van der Waals surface area contributed by atoms with Gasteiger partial charge < -0.3 is 15.2 Å². The van der Waals surface area contributed by atoms with Crippen LogP contribution in [0.2, 0.25) is 0 Å². The summed E-state index contributed by atoms with van der Waals surface area (Å²) in [6.45, 7) is 5.05. The number of thiophene rings is 1. The Morgan fingerprint density at radius 1 is 1.50 bits per heavy atom. The first kappa shape index (κ1) is 15.1. The van der Waals surface area contributed by atoms with E-state index in [0.29, 0.717) is 19.5 Å². The van der Waals surface area contributed by atoms with Crippen molar-refractivity contribution in [1.82, 2.24) is 5.32 Å². The highest BCUT2D eigenvalue weighted by atomic mass is 32.1. The number of hydrogen-bond donors (Lipinski definition) is 2. The molecule has 1 aromatic rings. The van der Waals surface area contributed by atoms with Gasteiger partial charge in [0.2, 0.25) is 0 Å². The monoisotopic (exact) mass is 271 g/mol. The molecule has 102 valence electrons. The highest BCUT2D eigenvalue weighted by molar-refractivity contribution is 7.12. The third-order valence-electron chi connectivity index (χ3n) is 2.83. The van der Waals surface area contributed by atoms with Gasteiger partial charge in [-0.3, -0.25) is 4.79 Å². The third kappa shape index (κ3) is 5.16. The molecule has 0 aromatic carbocycles. The molecule has 0 spiro atoms. The van der Waals surface area contributed by atoms with E-state index in [4.69, 9.17) is 0 Å². The normalized spacial score (nSPS) is 14.2. The third-order valence-corrected chi connectivity index (χ3v) is 3.92. The molecule has 18 heavy (non-hydrogen) atoms. The second-order valence-electron chi connectivity index (χ2n) is 4.57. The lowest BCUT2D eigenvalue weighted by Gasteiger charge is -2.21. The number of carbonyl (C=O) groups is 1. The molecule has 0 radical (unpaired) electrons. The van der Waals surface area contributed by atoms with Crippen molar-refractivity contribution in [2.24, 2.45) is 0 Å². The van der Waals surface area contributed by atoms with E-state index in [0.717, 1.165) is 16.2 Å². The summed E-state index contributed by atoms with van der Waals surface area (Å²) in [5.41, 5.74) is -0.661. The first-order valence-electron chi connectivity index (χ1n) is 6.04. The second kappa shape index (κ2) is 6.87. The van der Waals surface area contributed by atoms with Crippen LogP contribution in [0.1, 0.15) is 30.0 Å². The number of esters is 1. The van der Waals surface area contributed by atoms with Gasteiger partial charge >= 0.3 is 5.97 Å². The maximum absolute atomic E-state index is 11.1. The Labute approximate surface area is 112 Å². The zero-order chi connectivity index (χ0) is 13.6. The summed E-state index contributed by atoms with van der Waals surface area (Å²) >= 11 is 1.59. The van der Waals surface area contributed by atoms with E-state index in [1.807, 2.05) is 26.0 Å². The minimum absolute atomic E-state index is 0.217. The lowest BCUT2D eigenvalue weighted by molar-refractivity contribution is -0.139. The van der Waals surface area contributed by atoms with Crippen molar-refractivity contribution in [2.75, 3.05) is 13.7 Å². The van der Waals surface area contributed by atoms with Gasteiger partial charge in [-0.2, -0.15) is 0 Å². The minimum Gasteiger partial charge on any atom is -0.469 e. The Balaban J connectivity index is 2.38. The molecule has 0 saturated carbocycles. The molecule has 5 heteroatoms. The van der Waals surface area contributed by atoms with Gasteiger partial charge in [-0.25, -0.2) is 0 Å². The molecule has 1 aromatic heterocycles. The molecule has 0 saturated heterocycles. The van der Waals surface area contributed by atoms with Crippen molar-refractivity contribution in [3.8, 4) is 0 Å². The van der Waals surface area contributed by atoms with Crippen LogP contribution in [0.15, 0.2) is 12.1 Å². The second-order valence-corrected chi connectivity index (χ2v) is 5.83. The van der Waals surface area contributed by atoms with Crippen LogP contribution in [0.4, 0.5) is 0 Å². The molecule has 4 nitrogen and oxygen atoms in total. The fourth-order valence-corrected chi connectivity index (χ4v) is 2.38. The Morgan fingerprint density at radius 2 is 2.17 bits per heavy atom. The SMILES string of the molecule is CCC(C)(O)CNCc1ccc(CC(=O)OC)s1. The van der Waals surface area contributed by atoms with Crippen molar-refractivity contribution in [1.29, 1.82) is 0 Å². The van der Waals surface area contributed by atoms with Crippen molar-refractivity contribution in [3.63, 3.8) is 0 Å². The topological polar surface area (TPSA) is 58.6 Å². The van der Waals surface area contributed by atoms with Gasteiger partial charge in [0.25, 0.3) is 0 Å². The molecule has 0 aliphatic rings. The fourth-order valence-electron chi connectivity index (χ4n) is 1.41. The Morgan fingerprint density at radius 3 is 2.78 bits per heavy atom. The first-order valence-corrected chi connectivity index (χ1v) is 6.86. The van der Waals surface area contributed by atoms with Crippen molar-refractivity contribution < 1.29 is 14.6 Å². The van der Waals surface area contributed by atoms with E-state index < -0.39 is 5.60 Å². The van der Waals surface area contributed by atoms with Crippen LogP contribution in [-0.2, 0) is 22.5 Å². The number of methoxy groups -OCH3 is 1. The van der Waals surface area contributed by atoms with E-state index in [1.165, 1.54) is 7.11 Å². The zero-order valence-corrected chi connectivity index (χ0v) is 12.0. The quantitative estimate of drug-likeness (QED) is 0.741. The minimum atomic E-state index is -0.661. The van der Waals surface area contributed by atoms with Crippen LogP contribution in [0.3, 0.4) is 0 Å². The summed E-state index contributed by atoms with van der Waals surface area (Å²) in [5.74, 6) is -0.217. The van der Waals surface area contributed by atoms with E-state index in [1.54, 1.807) is 11.3 Å². The average molecular weight is 271 g/mol. The summed E-state index contributed by atoms with van der Waals surface area (Å²) in [5, 5.41) is 13.1. The van der Waals surface area contributed by atoms with Crippen molar-refractivity contribution >= 4 is 17.3 Å². The van der Waals surface area contributed by atoms with Crippen LogP contribution in [0.25, 0.3) is 0 Å². The van der Waals surface area contributed by atoms with Crippen LogP contribution in [0.5, 0.6) is 0 Å². The number of nitrogens with one attached hydrogen (secondary N) is 1. The molecule has 1 atom stereocenters. The maximum atomic E-state index is 11.1. The summed E-state index contributed by atoms with van der Waals surface area (Å²) < 4.78 is 4.62. The largest absolute Gasteiger partial charge is 0.469 e. The summed E-state index contributed by atoms with van der Waals surface area (Å²) in [6.07, 6.45) is 1.05. The molecular weight excluding hydrogens is 250 g/mol. The lowest BCUT2D eigenvalue weighted by Crippen LogP contribution is -2.36. The van der Waals surface area contributed by atoms with Gasteiger partial charge in [0.05, 0.1) is 19.1 Å². The predicted molar refractivity (Wildman–Crippen MR) is 72.7 cm³/mol. The number of aliphatic hydroxyl groups is 1. The zero-order valence-electron chi connectivity index (χ0n) is 11.2. The van der Waals surface area contributed by atoms with E-state index in [-0.39, 0.29) is 5.97 Å². The standard InChI is InChI=1S/C13H21NO3S/c1-4-13(2,16)9-14-8-11-6-5-10(18-11)7-12(15)17-3/h5-6,14,16H,4,7-9H2,1-3H3. The molecule has 2 N–H and O–H groups in total. The Kier molecular flexibility index (Phi) is 5.78. The van der Waals surface area contributed by atoms with Crippen molar-refractivity contribution in [2.45, 2.75) is 38.8 Å². The van der Waals surface area contributed by atoms with Crippen molar-refractivity contribution in [3.05, 3.63) is 21.9 Å². The molecule has 1 unspecified atom stereocenters. The first-order chi connectivity index (χ1) is 8.46. The number of carbonyl (C=O) groups excluding carboxylic acids is 1. The average Bonchev–Trinajstić information content (AvgIpc) is 2.76. The summed E-state index contributed by atoms with van der Waals surface area (Å²) in [4.78, 5) is 13.3. The van der Waals surface area contributed by atoms with Crippen LogP contribution >= 0.6 is 11.3 Å². The van der Waals surface area contributed by atoms with E-state index in [2.05, 4.69) is 10.1 Å². The Bertz CT molecular complexity index is 387. The van der Waals surface area contributed by atoms with E-state index in [9.17, 15) is 9.90 Å². The number of hydrogen-bond acceptors (Lipinski definition) is 5. The summed E-state index contributed by atoms with van der Waals surface area (Å²) in [7, 11) is 1.39. The van der Waals surface area contributed by atoms with Gasteiger partial charge in [0.1, 0.15) is 0 Å². The molecular formula is C13H21NO3S. The number of rotatable bonds is 7. The predicted octanol–water partition coefficient (Wildman–Crippen LogP) is 1.71. The molecule has 0 fully saturated rings. The van der Waals surface area contributed by atoms with E-state index >= 15 is 0 Å². The van der Waals surface area contributed by atoms with Crippen LogP contribution in [0, 0.1) is 0 Å². The Hall–Kier alpha value is -0.910. The van der Waals surface area contributed by atoms with Gasteiger partial charge in [-0.15, -0.1) is 11.3 Å². The summed E-state index contributed by atoms with van der Waals surface area (Å²) in [6, 6.07) is 3.94. The highest BCUT2D eigenvalue weighted by Gasteiger charge is 2.16. The van der Waals surface area contributed by atoms with Gasteiger partial charge in [0.15, 0.2) is 0 Å². The lowest BCUT2D eigenvalue weighted by atomic mass is 10.0. The van der Waals surface area contributed by atoms with Gasteiger partial charge in [-0.1, -0.05) is 6.92 Å². The molecule has 0 amide bonds. The van der Waals surface area contributed by atoms with Gasteiger partial charge in [-0.05, 0) is 25.5 Å². The molecule has 0 aliphatic heterocycles. The molecule has 1 heterocycles. The highest BCUT2D eigenvalue weighted by Crippen LogP contribution is 2.17. The molecule has 0 bridgehead atoms. The van der Waals surface area contributed by atoms with Crippen LogP contribution < -0.4 is 5.32 Å². The van der Waals surface area contributed by atoms with Gasteiger partial charge in [0, 0.05) is 22.8 Å².